The van der Waals surface area contributed by atoms with Crippen LogP contribution in [0.3, 0.4) is 0 Å². The lowest BCUT2D eigenvalue weighted by Gasteiger charge is -1.97. The summed E-state index contributed by atoms with van der Waals surface area (Å²) in [4.78, 5) is 0. The van der Waals surface area contributed by atoms with E-state index in [0.717, 1.165) is 15.6 Å². The van der Waals surface area contributed by atoms with Crippen LogP contribution in [0.4, 0.5) is 0 Å². The SMILES string of the molecule is N#C/C=C(\C#N)c1ccc2ccsc2c1. The summed E-state index contributed by atoms with van der Waals surface area (Å²) in [6.07, 6.45) is 1.27. The van der Waals surface area contributed by atoms with Gasteiger partial charge in [-0.15, -0.1) is 11.3 Å². The van der Waals surface area contributed by atoms with Gasteiger partial charge in [0.15, 0.2) is 0 Å². The Bertz CT molecular complexity index is 608. The maximum Gasteiger partial charge on any atom is 0.101 e. The Morgan fingerprint density at radius 1 is 1.27 bits per heavy atom. The third-order valence-corrected chi connectivity index (χ3v) is 2.98. The van der Waals surface area contributed by atoms with Crippen LogP contribution in [0.25, 0.3) is 15.7 Å². The predicted molar refractivity (Wildman–Crippen MR) is 61.0 cm³/mol. The van der Waals surface area contributed by atoms with E-state index >= 15 is 0 Å². The summed E-state index contributed by atoms with van der Waals surface area (Å²) in [6.45, 7) is 0. The third-order valence-electron chi connectivity index (χ3n) is 2.10. The molecule has 1 aromatic heterocycles. The van der Waals surface area contributed by atoms with Gasteiger partial charge in [-0.1, -0.05) is 12.1 Å². The average molecular weight is 210 g/mol. The number of hydrogen-bond donors (Lipinski definition) is 0. The molecular weight excluding hydrogens is 204 g/mol. The van der Waals surface area contributed by atoms with Gasteiger partial charge < -0.3 is 0 Å². The van der Waals surface area contributed by atoms with Gasteiger partial charge in [0, 0.05) is 10.8 Å². The minimum absolute atomic E-state index is 0.410. The summed E-state index contributed by atoms with van der Waals surface area (Å²) < 4.78 is 1.13. The molecule has 0 saturated carbocycles. The Balaban J connectivity index is 2.58. The van der Waals surface area contributed by atoms with E-state index in [-0.39, 0.29) is 0 Å². The van der Waals surface area contributed by atoms with E-state index < -0.39 is 0 Å². The highest BCUT2D eigenvalue weighted by Gasteiger charge is 2.02. The second-order valence-corrected chi connectivity index (χ2v) is 3.92. The molecule has 15 heavy (non-hydrogen) atoms. The topological polar surface area (TPSA) is 47.6 Å². The quantitative estimate of drug-likeness (QED) is 0.678. The lowest BCUT2D eigenvalue weighted by atomic mass is 10.1. The molecule has 0 radical (unpaired) electrons. The molecule has 0 unspecified atom stereocenters. The summed E-state index contributed by atoms with van der Waals surface area (Å²) in [6, 6.07) is 11.7. The van der Waals surface area contributed by atoms with E-state index in [2.05, 4.69) is 0 Å². The number of nitrogens with zero attached hydrogens (tertiary/aromatic N) is 2. The molecule has 0 atom stereocenters. The fourth-order valence-electron chi connectivity index (χ4n) is 1.37. The molecule has 0 fully saturated rings. The summed E-state index contributed by atoms with van der Waals surface area (Å²) in [7, 11) is 0. The Labute approximate surface area is 91.3 Å². The Hall–Kier alpha value is -2.10. The van der Waals surface area contributed by atoms with Crippen LogP contribution in [-0.2, 0) is 0 Å². The molecule has 0 N–H and O–H groups in total. The van der Waals surface area contributed by atoms with Gasteiger partial charge in [-0.25, -0.2) is 0 Å². The van der Waals surface area contributed by atoms with E-state index in [0.29, 0.717) is 5.57 Å². The van der Waals surface area contributed by atoms with Crippen LogP contribution in [0.1, 0.15) is 5.56 Å². The average Bonchev–Trinajstić information content (AvgIpc) is 2.72. The standard InChI is InChI=1S/C12H6N2S/c13-5-3-11(8-14)10-2-1-9-4-6-15-12(9)7-10/h1-4,6-7H/b11-3+. The number of thiophene rings is 1. The number of nitriles is 2. The molecule has 1 aromatic carbocycles. The highest BCUT2D eigenvalue weighted by Crippen LogP contribution is 2.24. The van der Waals surface area contributed by atoms with Crippen molar-refractivity contribution in [1.82, 2.24) is 0 Å². The van der Waals surface area contributed by atoms with Crippen LogP contribution in [0, 0.1) is 22.7 Å². The number of hydrogen-bond acceptors (Lipinski definition) is 3. The minimum Gasteiger partial charge on any atom is -0.193 e. The highest BCUT2D eigenvalue weighted by molar-refractivity contribution is 7.17. The smallest absolute Gasteiger partial charge is 0.101 e. The van der Waals surface area contributed by atoms with Crippen molar-refractivity contribution < 1.29 is 0 Å². The number of benzene rings is 1. The molecule has 0 aliphatic heterocycles. The normalized spacial score (nSPS) is 10.9. The van der Waals surface area contributed by atoms with Crippen LogP contribution in [0.15, 0.2) is 35.7 Å². The molecule has 0 amide bonds. The maximum absolute atomic E-state index is 8.87. The second kappa shape index (κ2) is 3.96. The van der Waals surface area contributed by atoms with Crippen LogP contribution < -0.4 is 0 Å². The van der Waals surface area contributed by atoms with Crippen LogP contribution >= 0.6 is 11.3 Å². The first-order chi connectivity index (χ1) is 7.35. The molecule has 1 heterocycles. The number of allylic oxidation sites excluding steroid dienone is 2. The molecule has 2 rings (SSSR count). The molecule has 70 valence electrons. The molecule has 0 aliphatic carbocycles. The van der Waals surface area contributed by atoms with E-state index in [1.54, 1.807) is 11.3 Å². The molecule has 2 nitrogen and oxygen atoms in total. The van der Waals surface area contributed by atoms with Crippen molar-refractivity contribution in [1.29, 1.82) is 10.5 Å². The van der Waals surface area contributed by atoms with Gasteiger partial charge in [0.05, 0.1) is 11.6 Å². The third kappa shape index (κ3) is 1.74. The monoisotopic (exact) mass is 210 g/mol. The summed E-state index contributed by atoms with van der Waals surface area (Å²) in [5.74, 6) is 0. The fraction of sp³-hybridized carbons (Fsp3) is 0. The van der Waals surface area contributed by atoms with Crippen molar-refractivity contribution in [3.05, 3.63) is 41.3 Å². The van der Waals surface area contributed by atoms with E-state index in [9.17, 15) is 0 Å². The summed E-state index contributed by atoms with van der Waals surface area (Å²) in [5.41, 5.74) is 1.21. The molecule has 0 saturated heterocycles. The van der Waals surface area contributed by atoms with Crippen molar-refractivity contribution in [3.8, 4) is 12.1 Å². The van der Waals surface area contributed by atoms with Gasteiger partial charge in [-0.3, -0.25) is 0 Å². The molecule has 0 spiro atoms. The first kappa shape index (κ1) is 9.45. The zero-order valence-corrected chi connectivity index (χ0v) is 8.58. The van der Waals surface area contributed by atoms with Crippen molar-refractivity contribution in [2.75, 3.05) is 0 Å². The Morgan fingerprint density at radius 3 is 2.87 bits per heavy atom. The van der Waals surface area contributed by atoms with Gasteiger partial charge in [0.2, 0.25) is 0 Å². The molecule has 0 bridgehead atoms. The predicted octanol–water partition coefficient (Wildman–Crippen LogP) is 3.33. The molecule has 3 heteroatoms. The van der Waals surface area contributed by atoms with Gasteiger partial charge in [0.25, 0.3) is 0 Å². The van der Waals surface area contributed by atoms with Gasteiger partial charge in [-0.2, -0.15) is 10.5 Å². The zero-order chi connectivity index (χ0) is 10.7. The fourth-order valence-corrected chi connectivity index (χ4v) is 2.20. The van der Waals surface area contributed by atoms with Gasteiger partial charge in [-0.05, 0) is 28.5 Å². The Kier molecular flexibility index (Phi) is 2.49. The van der Waals surface area contributed by atoms with Crippen molar-refractivity contribution in [2.45, 2.75) is 0 Å². The first-order valence-electron chi connectivity index (χ1n) is 4.32. The summed E-state index contributed by atoms with van der Waals surface area (Å²) in [5, 5.41) is 20.6. The van der Waals surface area contributed by atoms with E-state index in [1.807, 2.05) is 41.8 Å². The Morgan fingerprint density at radius 2 is 2.13 bits per heavy atom. The van der Waals surface area contributed by atoms with E-state index in [4.69, 9.17) is 10.5 Å². The van der Waals surface area contributed by atoms with Crippen LogP contribution in [0.2, 0.25) is 0 Å². The molecule has 0 aliphatic rings. The van der Waals surface area contributed by atoms with Crippen molar-refractivity contribution in [3.63, 3.8) is 0 Å². The summed E-state index contributed by atoms with van der Waals surface area (Å²) >= 11 is 1.63. The zero-order valence-electron chi connectivity index (χ0n) is 7.77. The highest BCUT2D eigenvalue weighted by atomic mass is 32.1. The first-order valence-corrected chi connectivity index (χ1v) is 5.20. The van der Waals surface area contributed by atoms with Gasteiger partial charge in [0.1, 0.15) is 6.07 Å². The van der Waals surface area contributed by atoms with Crippen LogP contribution in [0.5, 0.6) is 0 Å². The maximum atomic E-state index is 8.87. The van der Waals surface area contributed by atoms with Crippen molar-refractivity contribution >= 4 is 27.0 Å². The molecular formula is C12H6N2S. The van der Waals surface area contributed by atoms with Gasteiger partial charge >= 0.3 is 0 Å². The molecule has 2 aromatic rings. The minimum atomic E-state index is 0.410. The largest absolute Gasteiger partial charge is 0.193 e. The number of fused-ring (bicyclic) bond motifs is 1. The lowest BCUT2D eigenvalue weighted by Crippen LogP contribution is -1.79. The van der Waals surface area contributed by atoms with Crippen molar-refractivity contribution in [2.24, 2.45) is 0 Å². The number of rotatable bonds is 1. The second-order valence-electron chi connectivity index (χ2n) is 2.97. The lowest BCUT2D eigenvalue weighted by molar-refractivity contribution is 1.51. The van der Waals surface area contributed by atoms with Crippen LogP contribution in [-0.4, -0.2) is 0 Å². The van der Waals surface area contributed by atoms with E-state index in [1.165, 1.54) is 6.08 Å².